The van der Waals surface area contributed by atoms with Crippen molar-refractivity contribution in [1.29, 1.82) is 0 Å². The Kier molecular flexibility index (Phi) is 3.50. The molecule has 3 rings (SSSR count). The predicted octanol–water partition coefficient (Wildman–Crippen LogP) is 5.64. The van der Waals surface area contributed by atoms with Crippen LogP contribution in [0.1, 0.15) is 36.5 Å². The van der Waals surface area contributed by atoms with Crippen LogP contribution >= 0.6 is 0 Å². The molecule has 21 heavy (non-hydrogen) atoms. The van der Waals surface area contributed by atoms with E-state index in [0.717, 1.165) is 11.2 Å². The number of aromatic nitrogens is 1. The number of nitrogens with zero attached hydrogens (tertiary/aromatic N) is 1. The summed E-state index contributed by atoms with van der Waals surface area (Å²) in [6, 6.07) is 17.4. The van der Waals surface area contributed by atoms with Crippen molar-refractivity contribution >= 4 is 10.9 Å². The van der Waals surface area contributed by atoms with Gasteiger partial charge in [-0.3, -0.25) is 0 Å². The average molecular weight is 275 g/mol. The number of fused-ring (bicyclic) bond motifs is 1. The Hall–Kier alpha value is -2.15. The highest BCUT2D eigenvalue weighted by Gasteiger charge is 2.08. The van der Waals surface area contributed by atoms with E-state index in [2.05, 4.69) is 76.2 Å². The zero-order valence-electron chi connectivity index (χ0n) is 13.1. The zero-order chi connectivity index (χ0) is 15.0. The molecular formula is C20H21N. The highest BCUT2D eigenvalue weighted by molar-refractivity contribution is 5.85. The first kappa shape index (κ1) is 13.8. The van der Waals surface area contributed by atoms with Crippen LogP contribution in [0.4, 0.5) is 0 Å². The normalized spacial score (nSPS) is 11.3. The summed E-state index contributed by atoms with van der Waals surface area (Å²) in [6.07, 6.45) is 0. The summed E-state index contributed by atoms with van der Waals surface area (Å²) in [5, 5.41) is 1.26. The van der Waals surface area contributed by atoms with Crippen molar-refractivity contribution in [2.75, 3.05) is 0 Å². The van der Waals surface area contributed by atoms with Gasteiger partial charge in [0.15, 0.2) is 0 Å². The second-order valence-corrected chi connectivity index (χ2v) is 6.14. The summed E-state index contributed by atoms with van der Waals surface area (Å²) in [7, 11) is 0. The van der Waals surface area contributed by atoms with Crippen molar-refractivity contribution in [2.24, 2.45) is 0 Å². The molecular weight excluding hydrogens is 254 g/mol. The summed E-state index contributed by atoms with van der Waals surface area (Å²) >= 11 is 0. The van der Waals surface area contributed by atoms with Gasteiger partial charge in [-0.05, 0) is 49.6 Å². The van der Waals surface area contributed by atoms with E-state index in [4.69, 9.17) is 4.98 Å². The summed E-state index contributed by atoms with van der Waals surface area (Å²) in [5.74, 6) is 0.516. The minimum Gasteiger partial charge on any atom is -0.248 e. The zero-order valence-corrected chi connectivity index (χ0v) is 13.1. The van der Waals surface area contributed by atoms with E-state index in [1.165, 1.54) is 27.6 Å². The molecule has 0 amide bonds. The lowest BCUT2D eigenvalue weighted by molar-refractivity contribution is 0.876. The van der Waals surface area contributed by atoms with Gasteiger partial charge in [0.05, 0.1) is 11.2 Å². The topological polar surface area (TPSA) is 12.9 Å². The molecule has 0 saturated heterocycles. The predicted molar refractivity (Wildman–Crippen MR) is 90.7 cm³/mol. The lowest BCUT2D eigenvalue weighted by Gasteiger charge is -2.11. The van der Waals surface area contributed by atoms with Crippen LogP contribution in [0.2, 0.25) is 0 Å². The molecule has 0 bridgehead atoms. The fraction of sp³-hybridized carbons (Fsp3) is 0.250. The van der Waals surface area contributed by atoms with Gasteiger partial charge in [-0.2, -0.15) is 0 Å². The monoisotopic (exact) mass is 275 g/mol. The molecule has 0 saturated carbocycles. The van der Waals surface area contributed by atoms with Gasteiger partial charge in [-0.25, -0.2) is 4.98 Å². The van der Waals surface area contributed by atoms with Crippen molar-refractivity contribution in [3.05, 3.63) is 65.2 Å². The number of benzene rings is 2. The second-order valence-electron chi connectivity index (χ2n) is 6.14. The third kappa shape index (κ3) is 2.69. The molecule has 0 spiro atoms. The Balaban J connectivity index is 2.18. The minimum absolute atomic E-state index is 0.516. The van der Waals surface area contributed by atoms with Crippen LogP contribution in [0.25, 0.3) is 22.2 Å². The molecule has 1 heteroatoms. The fourth-order valence-electron chi connectivity index (χ4n) is 2.97. The number of aryl methyl sites for hydroxylation is 2. The van der Waals surface area contributed by atoms with E-state index in [0.29, 0.717) is 5.92 Å². The molecule has 2 aromatic carbocycles. The second kappa shape index (κ2) is 5.33. The molecule has 0 aliphatic carbocycles. The maximum absolute atomic E-state index is 4.87. The Bertz CT molecular complexity index is 780. The van der Waals surface area contributed by atoms with Gasteiger partial charge in [-0.1, -0.05) is 49.2 Å². The molecule has 0 aliphatic heterocycles. The van der Waals surface area contributed by atoms with Gasteiger partial charge in [0.25, 0.3) is 0 Å². The first-order valence-corrected chi connectivity index (χ1v) is 7.53. The minimum atomic E-state index is 0.516. The van der Waals surface area contributed by atoms with Gasteiger partial charge < -0.3 is 0 Å². The van der Waals surface area contributed by atoms with Crippen LogP contribution in [0, 0.1) is 13.8 Å². The SMILES string of the molecule is Cc1cc(C)cc(-c2ccc3c(C(C)C)cccc3n2)c1. The van der Waals surface area contributed by atoms with Crippen molar-refractivity contribution in [3.8, 4) is 11.3 Å². The van der Waals surface area contributed by atoms with Crippen molar-refractivity contribution < 1.29 is 0 Å². The van der Waals surface area contributed by atoms with Gasteiger partial charge >= 0.3 is 0 Å². The fourth-order valence-corrected chi connectivity index (χ4v) is 2.97. The first-order chi connectivity index (χ1) is 10.0. The van der Waals surface area contributed by atoms with E-state index in [1.54, 1.807) is 0 Å². The smallest absolute Gasteiger partial charge is 0.0712 e. The van der Waals surface area contributed by atoms with Crippen molar-refractivity contribution in [1.82, 2.24) is 4.98 Å². The quantitative estimate of drug-likeness (QED) is 0.589. The van der Waals surface area contributed by atoms with E-state index >= 15 is 0 Å². The van der Waals surface area contributed by atoms with Crippen LogP contribution < -0.4 is 0 Å². The molecule has 0 N–H and O–H groups in total. The first-order valence-electron chi connectivity index (χ1n) is 7.53. The van der Waals surface area contributed by atoms with Crippen LogP contribution in [-0.2, 0) is 0 Å². The molecule has 1 heterocycles. The van der Waals surface area contributed by atoms with Crippen LogP contribution in [0.5, 0.6) is 0 Å². The van der Waals surface area contributed by atoms with Crippen molar-refractivity contribution in [3.63, 3.8) is 0 Å². The molecule has 1 aromatic heterocycles. The molecule has 0 aliphatic rings. The number of hydrogen-bond acceptors (Lipinski definition) is 1. The van der Waals surface area contributed by atoms with Gasteiger partial charge in [-0.15, -0.1) is 0 Å². The molecule has 0 radical (unpaired) electrons. The molecule has 3 aromatic rings. The third-order valence-electron chi connectivity index (χ3n) is 3.91. The van der Waals surface area contributed by atoms with Gasteiger partial charge in [0, 0.05) is 10.9 Å². The summed E-state index contributed by atoms with van der Waals surface area (Å²) in [6.45, 7) is 8.72. The lowest BCUT2D eigenvalue weighted by Crippen LogP contribution is -1.92. The van der Waals surface area contributed by atoms with E-state index < -0.39 is 0 Å². The molecule has 0 unspecified atom stereocenters. The van der Waals surface area contributed by atoms with Crippen LogP contribution in [0.15, 0.2) is 48.5 Å². The Morgan fingerprint density at radius 1 is 0.857 bits per heavy atom. The standard InChI is InChI=1S/C20H21N/c1-13(2)17-6-5-7-20-18(17)8-9-19(21-20)16-11-14(3)10-15(4)12-16/h5-13H,1-4H3. The third-order valence-corrected chi connectivity index (χ3v) is 3.91. The highest BCUT2D eigenvalue weighted by atomic mass is 14.7. The van der Waals surface area contributed by atoms with E-state index in [1.807, 2.05) is 0 Å². The largest absolute Gasteiger partial charge is 0.248 e. The number of pyridine rings is 1. The number of hydrogen-bond donors (Lipinski definition) is 0. The summed E-state index contributed by atoms with van der Waals surface area (Å²) in [5.41, 5.74) is 7.26. The van der Waals surface area contributed by atoms with Gasteiger partial charge in [0.2, 0.25) is 0 Å². The molecule has 106 valence electrons. The van der Waals surface area contributed by atoms with Crippen LogP contribution in [0.3, 0.4) is 0 Å². The molecule has 1 nitrogen and oxygen atoms in total. The van der Waals surface area contributed by atoms with Crippen LogP contribution in [-0.4, -0.2) is 4.98 Å². The highest BCUT2D eigenvalue weighted by Crippen LogP contribution is 2.27. The summed E-state index contributed by atoms with van der Waals surface area (Å²) < 4.78 is 0. The Labute approximate surface area is 126 Å². The number of rotatable bonds is 2. The maximum atomic E-state index is 4.87. The Morgan fingerprint density at radius 3 is 2.24 bits per heavy atom. The molecule has 0 atom stereocenters. The lowest BCUT2D eigenvalue weighted by atomic mass is 9.97. The maximum Gasteiger partial charge on any atom is 0.0712 e. The van der Waals surface area contributed by atoms with Gasteiger partial charge in [0.1, 0.15) is 0 Å². The average Bonchev–Trinajstić information content (AvgIpc) is 2.44. The molecule has 0 fully saturated rings. The van der Waals surface area contributed by atoms with Crippen molar-refractivity contribution in [2.45, 2.75) is 33.6 Å². The Morgan fingerprint density at radius 2 is 1.57 bits per heavy atom. The van der Waals surface area contributed by atoms with E-state index in [-0.39, 0.29) is 0 Å². The summed E-state index contributed by atoms with van der Waals surface area (Å²) in [4.78, 5) is 4.87. The van der Waals surface area contributed by atoms with E-state index in [9.17, 15) is 0 Å².